The van der Waals surface area contributed by atoms with Gasteiger partial charge in [0.05, 0.1) is 23.8 Å². The molecule has 0 aliphatic carbocycles. The minimum atomic E-state index is -0.398. The number of likely N-dealkylation sites (tertiary alicyclic amines) is 1. The molecule has 44 heavy (non-hydrogen) atoms. The molecular weight excluding hydrogens is 661 g/mol. The van der Waals surface area contributed by atoms with Crippen molar-refractivity contribution in [3.05, 3.63) is 128 Å². The van der Waals surface area contributed by atoms with Crippen LogP contribution in [0.15, 0.2) is 108 Å². The monoisotopic (exact) mass is 703 g/mol. The highest BCUT2D eigenvalue weighted by molar-refractivity contribution is 14.1. The lowest BCUT2D eigenvalue weighted by atomic mass is 9.68. The van der Waals surface area contributed by atoms with Gasteiger partial charge in [-0.1, -0.05) is 72.8 Å². The highest BCUT2D eigenvalue weighted by atomic mass is 127. The van der Waals surface area contributed by atoms with Crippen molar-refractivity contribution in [3.8, 4) is 0 Å². The zero-order valence-corrected chi connectivity index (χ0v) is 28.0. The molecule has 0 spiro atoms. The third-order valence-electron chi connectivity index (χ3n) is 9.10. The second-order valence-corrected chi connectivity index (χ2v) is 12.9. The van der Waals surface area contributed by atoms with Crippen LogP contribution in [0.3, 0.4) is 0 Å². The fourth-order valence-electron chi connectivity index (χ4n) is 6.93. The Morgan fingerprint density at radius 3 is 2.09 bits per heavy atom. The number of halogens is 1. The summed E-state index contributed by atoms with van der Waals surface area (Å²) >= 11 is 2.28. The van der Waals surface area contributed by atoms with Crippen molar-refractivity contribution < 1.29 is 14.3 Å². The number of hydrogen-bond donors (Lipinski definition) is 1. The molecular formula is C37H42IN3O3. The molecule has 0 saturated carbocycles. The molecule has 2 aliphatic rings. The Bertz CT molecular complexity index is 1450. The Labute approximate surface area is 275 Å². The Hall–Kier alpha value is -3.43. The number of rotatable bonds is 11. The van der Waals surface area contributed by atoms with E-state index in [1.807, 2.05) is 45.0 Å². The van der Waals surface area contributed by atoms with E-state index in [9.17, 15) is 9.59 Å². The number of allylic oxidation sites excluding steroid dienone is 3. The third-order valence-corrected chi connectivity index (χ3v) is 9.82. The van der Waals surface area contributed by atoms with Gasteiger partial charge in [0.1, 0.15) is 0 Å². The van der Waals surface area contributed by atoms with Gasteiger partial charge in [0.25, 0.3) is 0 Å². The number of hydrogen-bond acceptors (Lipinski definition) is 5. The number of nitrogens with one attached hydrogen (secondary N) is 1. The smallest absolute Gasteiger partial charge is 0.336 e. The maximum atomic E-state index is 13.2. The van der Waals surface area contributed by atoms with Gasteiger partial charge in [0.15, 0.2) is 0 Å². The van der Waals surface area contributed by atoms with E-state index in [2.05, 4.69) is 93.5 Å². The van der Waals surface area contributed by atoms with E-state index in [-0.39, 0.29) is 18.0 Å². The summed E-state index contributed by atoms with van der Waals surface area (Å²) in [6.07, 6.45) is 3.84. The third kappa shape index (κ3) is 6.79. The molecule has 7 heteroatoms. The molecule has 1 saturated heterocycles. The first-order valence-corrected chi connectivity index (χ1v) is 16.6. The van der Waals surface area contributed by atoms with Crippen LogP contribution in [-0.2, 0) is 19.7 Å². The SMILES string of the molecule is CCOC(=O)C1=C(C)NC(C)=C(N(C=O)CCCN2CCC(c3ccccc3)(c3ccccc3)CC2)C1c1ccc(I)cc1. The maximum absolute atomic E-state index is 13.2. The Morgan fingerprint density at radius 1 is 0.955 bits per heavy atom. The van der Waals surface area contributed by atoms with Crippen molar-refractivity contribution in [2.24, 2.45) is 0 Å². The topological polar surface area (TPSA) is 61.9 Å². The van der Waals surface area contributed by atoms with E-state index >= 15 is 0 Å². The molecule has 3 aromatic rings. The number of carbonyl (C=O) groups is 2. The molecule has 1 unspecified atom stereocenters. The highest BCUT2D eigenvalue weighted by Crippen LogP contribution is 2.42. The quantitative estimate of drug-likeness (QED) is 0.133. The average Bonchev–Trinajstić information content (AvgIpc) is 3.05. The van der Waals surface area contributed by atoms with Gasteiger partial charge in [0, 0.05) is 26.9 Å². The van der Waals surface area contributed by atoms with Gasteiger partial charge >= 0.3 is 5.97 Å². The summed E-state index contributed by atoms with van der Waals surface area (Å²) in [6.45, 7) is 9.43. The van der Waals surface area contributed by atoms with Gasteiger partial charge in [-0.3, -0.25) is 4.79 Å². The van der Waals surface area contributed by atoms with Crippen LogP contribution >= 0.6 is 22.6 Å². The number of piperidine rings is 1. The fraction of sp³-hybridized carbons (Fsp3) is 0.351. The summed E-state index contributed by atoms with van der Waals surface area (Å²) in [7, 11) is 0. The molecule has 0 bridgehead atoms. The lowest BCUT2D eigenvalue weighted by Crippen LogP contribution is -2.44. The largest absolute Gasteiger partial charge is 0.463 e. The maximum Gasteiger partial charge on any atom is 0.336 e. The van der Waals surface area contributed by atoms with Crippen LogP contribution in [0.25, 0.3) is 0 Å². The van der Waals surface area contributed by atoms with Gasteiger partial charge in [0.2, 0.25) is 6.41 Å². The fourth-order valence-corrected chi connectivity index (χ4v) is 7.29. The molecule has 2 heterocycles. The number of carbonyl (C=O) groups excluding carboxylic acids is 2. The molecule has 0 aromatic heterocycles. The Balaban J connectivity index is 1.31. The lowest BCUT2D eigenvalue weighted by molar-refractivity contribution is -0.139. The second kappa shape index (κ2) is 14.6. The number of esters is 1. The number of dihydropyridines is 1. The van der Waals surface area contributed by atoms with Crippen LogP contribution in [0.1, 0.15) is 62.6 Å². The van der Waals surface area contributed by atoms with Crippen molar-refractivity contribution in [3.63, 3.8) is 0 Å². The van der Waals surface area contributed by atoms with Crippen molar-refractivity contribution in [1.29, 1.82) is 0 Å². The first-order chi connectivity index (χ1) is 21.4. The summed E-state index contributed by atoms with van der Waals surface area (Å²) in [5.74, 6) is -0.754. The van der Waals surface area contributed by atoms with Crippen molar-refractivity contribution in [2.75, 3.05) is 32.8 Å². The molecule has 230 valence electrons. The van der Waals surface area contributed by atoms with Gasteiger partial charge in [-0.25, -0.2) is 4.79 Å². The molecule has 5 rings (SSSR count). The minimum absolute atomic E-state index is 0.0119. The first kappa shape index (κ1) is 32.0. The van der Waals surface area contributed by atoms with Crippen LogP contribution in [0, 0.1) is 3.57 Å². The second-order valence-electron chi connectivity index (χ2n) is 11.7. The number of benzene rings is 3. The van der Waals surface area contributed by atoms with E-state index in [1.165, 1.54) is 11.1 Å². The zero-order chi connectivity index (χ0) is 31.1. The number of ether oxygens (including phenoxy) is 1. The molecule has 1 N–H and O–H groups in total. The molecule has 3 aromatic carbocycles. The average molecular weight is 704 g/mol. The van der Waals surface area contributed by atoms with Crippen molar-refractivity contribution in [1.82, 2.24) is 15.1 Å². The van der Waals surface area contributed by atoms with E-state index in [1.54, 1.807) is 4.90 Å². The van der Waals surface area contributed by atoms with E-state index < -0.39 is 5.92 Å². The molecule has 1 fully saturated rings. The normalized spacial score (nSPS) is 18.5. The molecule has 6 nitrogen and oxygen atoms in total. The van der Waals surface area contributed by atoms with Gasteiger partial charge in [-0.15, -0.1) is 0 Å². The number of nitrogens with zero attached hydrogens (tertiary/aromatic N) is 2. The Kier molecular flexibility index (Phi) is 10.6. The van der Waals surface area contributed by atoms with Crippen LogP contribution in [0.4, 0.5) is 0 Å². The summed E-state index contributed by atoms with van der Waals surface area (Å²) in [4.78, 5) is 30.2. The highest BCUT2D eigenvalue weighted by Gasteiger charge is 2.38. The van der Waals surface area contributed by atoms with E-state index in [0.29, 0.717) is 12.1 Å². The van der Waals surface area contributed by atoms with Crippen LogP contribution < -0.4 is 5.32 Å². The lowest BCUT2D eigenvalue weighted by Gasteiger charge is -2.43. The predicted molar refractivity (Wildman–Crippen MR) is 184 cm³/mol. The van der Waals surface area contributed by atoms with Crippen LogP contribution in [-0.4, -0.2) is 55.0 Å². The van der Waals surface area contributed by atoms with Crippen LogP contribution in [0.2, 0.25) is 0 Å². The minimum Gasteiger partial charge on any atom is -0.463 e. The summed E-state index contributed by atoms with van der Waals surface area (Å²) < 4.78 is 6.60. The van der Waals surface area contributed by atoms with Crippen molar-refractivity contribution in [2.45, 2.75) is 51.4 Å². The van der Waals surface area contributed by atoms with E-state index in [0.717, 1.165) is 71.5 Å². The van der Waals surface area contributed by atoms with Crippen molar-refractivity contribution >= 4 is 35.0 Å². The van der Waals surface area contributed by atoms with Gasteiger partial charge in [-0.2, -0.15) is 0 Å². The van der Waals surface area contributed by atoms with Gasteiger partial charge < -0.3 is 19.9 Å². The predicted octanol–water partition coefficient (Wildman–Crippen LogP) is 6.98. The summed E-state index contributed by atoms with van der Waals surface area (Å²) in [5.41, 5.74) is 6.73. The number of amides is 1. The van der Waals surface area contributed by atoms with Gasteiger partial charge in [-0.05, 0) is 111 Å². The molecule has 0 radical (unpaired) electrons. The standard InChI is InChI=1S/C37H42IN3O3/c1-4-44-36(43)33-27(2)39-28(3)35(34(33)29-16-18-32(38)19-17-29)41(26-42)23-11-22-40-24-20-37(21-25-40,30-12-7-5-8-13-30)31-14-9-6-10-15-31/h5-10,12-19,26,34,39H,4,11,20-25H2,1-3H3. The molecule has 2 aliphatic heterocycles. The Morgan fingerprint density at radius 2 is 1.55 bits per heavy atom. The summed E-state index contributed by atoms with van der Waals surface area (Å²) in [5, 5.41) is 3.37. The zero-order valence-electron chi connectivity index (χ0n) is 25.9. The van der Waals surface area contributed by atoms with Crippen LogP contribution in [0.5, 0.6) is 0 Å². The molecule has 1 amide bonds. The summed E-state index contributed by atoms with van der Waals surface area (Å²) in [6, 6.07) is 30.0. The molecule has 1 atom stereocenters. The first-order valence-electron chi connectivity index (χ1n) is 15.5. The van der Waals surface area contributed by atoms with E-state index in [4.69, 9.17) is 4.74 Å².